The SMILES string of the molecule is CCc1nccn1-c1ccc(F)cc1[C@@H](C)N. The van der Waals surface area contributed by atoms with Crippen LogP contribution in [0.4, 0.5) is 4.39 Å². The summed E-state index contributed by atoms with van der Waals surface area (Å²) in [4.78, 5) is 4.26. The summed E-state index contributed by atoms with van der Waals surface area (Å²) < 4.78 is 15.2. The van der Waals surface area contributed by atoms with Gasteiger partial charge in [-0.1, -0.05) is 6.92 Å². The number of hydrogen-bond acceptors (Lipinski definition) is 2. The van der Waals surface area contributed by atoms with Crippen molar-refractivity contribution in [3.8, 4) is 5.69 Å². The van der Waals surface area contributed by atoms with Crippen molar-refractivity contribution in [2.24, 2.45) is 5.73 Å². The van der Waals surface area contributed by atoms with Gasteiger partial charge in [0.15, 0.2) is 0 Å². The van der Waals surface area contributed by atoms with E-state index < -0.39 is 0 Å². The monoisotopic (exact) mass is 233 g/mol. The maximum Gasteiger partial charge on any atom is 0.123 e. The predicted octanol–water partition coefficient (Wildman–Crippen LogP) is 2.59. The molecular formula is C13H16FN3. The third kappa shape index (κ3) is 2.22. The zero-order valence-electron chi connectivity index (χ0n) is 10.0. The highest BCUT2D eigenvalue weighted by atomic mass is 19.1. The average Bonchev–Trinajstić information content (AvgIpc) is 2.76. The summed E-state index contributed by atoms with van der Waals surface area (Å²) in [6, 6.07) is 4.46. The molecule has 1 aromatic carbocycles. The Morgan fingerprint density at radius 3 is 2.88 bits per heavy atom. The van der Waals surface area contributed by atoms with Crippen LogP contribution in [0.15, 0.2) is 30.6 Å². The Hall–Kier alpha value is -1.68. The Labute approximate surface area is 100 Å². The molecule has 0 fully saturated rings. The van der Waals surface area contributed by atoms with E-state index in [1.807, 2.05) is 24.6 Å². The van der Waals surface area contributed by atoms with Crippen LogP contribution >= 0.6 is 0 Å². The largest absolute Gasteiger partial charge is 0.324 e. The summed E-state index contributed by atoms with van der Waals surface area (Å²) in [5.41, 5.74) is 7.57. The molecule has 2 aromatic rings. The van der Waals surface area contributed by atoms with Gasteiger partial charge in [-0.25, -0.2) is 9.37 Å². The van der Waals surface area contributed by atoms with Gasteiger partial charge < -0.3 is 10.3 Å². The first kappa shape index (κ1) is 11.8. The lowest BCUT2D eigenvalue weighted by Crippen LogP contribution is -2.11. The molecule has 0 saturated heterocycles. The molecular weight excluding hydrogens is 217 g/mol. The molecule has 0 aliphatic heterocycles. The van der Waals surface area contributed by atoms with Gasteiger partial charge in [-0.05, 0) is 30.7 Å². The van der Waals surface area contributed by atoms with Crippen LogP contribution in [-0.4, -0.2) is 9.55 Å². The second-order valence-electron chi connectivity index (χ2n) is 4.06. The molecule has 3 nitrogen and oxygen atoms in total. The minimum Gasteiger partial charge on any atom is -0.324 e. The van der Waals surface area contributed by atoms with Crippen molar-refractivity contribution in [1.29, 1.82) is 0 Å². The van der Waals surface area contributed by atoms with E-state index in [2.05, 4.69) is 4.98 Å². The molecule has 4 heteroatoms. The van der Waals surface area contributed by atoms with E-state index in [4.69, 9.17) is 5.73 Å². The van der Waals surface area contributed by atoms with Gasteiger partial charge in [-0.2, -0.15) is 0 Å². The van der Waals surface area contributed by atoms with Crippen LogP contribution in [0.5, 0.6) is 0 Å². The summed E-state index contributed by atoms with van der Waals surface area (Å²) in [5.74, 6) is 0.678. The lowest BCUT2D eigenvalue weighted by molar-refractivity contribution is 0.621. The van der Waals surface area contributed by atoms with E-state index >= 15 is 0 Å². The first-order valence-corrected chi connectivity index (χ1v) is 5.71. The van der Waals surface area contributed by atoms with Crippen LogP contribution in [0.3, 0.4) is 0 Å². The van der Waals surface area contributed by atoms with Crippen LogP contribution in [0.1, 0.15) is 31.3 Å². The van der Waals surface area contributed by atoms with E-state index in [0.717, 1.165) is 23.5 Å². The number of aryl methyl sites for hydroxylation is 1. The van der Waals surface area contributed by atoms with Crippen molar-refractivity contribution < 1.29 is 4.39 Å². The first-order chi connectivity index (χ1) is 8.13. The molecule has 1 aromatic heterocycles. The van der Waals surface area contributed by atoms with Crippen LogP contribution in [0.25, 0.3) is 5.69 Å². The number of benzene rings is 1. The molecule has 0 aliphatic rings. The number of imidazole rings is 1. The van der Waals surface area contributed by atoms with Gasteiger partial charge in [-0.15, -0.1) is 0 Å². The Bertz CT molecular complexity index is 517. The fourth-order valence-corrected chi connectivity index (χ4v) is 1.92. The Balaban J connectivity index is 2.59. The summed E-state index contributed by atoms with van der Waals surface area (Å²) in [5, 5.41) is 0. The highest BCUT2D eigenvalue weighted by Crippen LogP contribution is 2.22. The molecule has 2 N–H and O–H groups in total. The first-order valence-electron chi connectivity index (χ1n) is 5.71. The Morgan fingerprint density at radius 2 is 2.24 bits per heavy atom. The normalized spacial score (nSPS) is 12.7. The molecule has 0 bridgehead atoms. The van der Waals surface area contributed by atoms with Gasteiger partial charge in [0.2, 0.25) is 0 Å². The average molecular weight is 233 g/mol. The molecule has 1 atom stereocenters. The lowest BCUT2D eigenvalue weighted by Gasteiger charge is -2.15. The molecule has 0 spiro atoms. The van der Waals surface area contributed by atoms with Gasteiger partial charge in [0.1, 0.15) is 11.6 Å². The number of rotatable bonds is 3. The predicted molar refractivity (Wildman–Crippen MR) is 65.5 cm³/mol. The molecule has 0 aliphatic carbocycles. The highest BCUT2D eigenvalue weighted by molar-refractivity contribution is 5.44. The molecule has 2 rings (SSSR count). The van der Waals surface area contributed by atoms with Gasteiger partial charge in [0, 0.05) is 24.9 Å². The van der Waals surface area contributed by atoms with Crippen LogP contribution in [-0.2, 0) is 6.42 Å². The maximum atomic E-state index is 13.3. The Morgan fingerprint density at radius 1 is 1.47 bits per heavy atom. The molecule has 0 saturated carbocycles. The molecule has 17 heavy (non-hydrogen) atoms. The highest BCUT2D eigenvalue weighted by Gasteiger charge is 2.12. The van der Waals surface area contributed by atoms with Gasteiger partial charge in [0.25, 0.3) is 0 Å². The molecule has 0 radical (unpaired) electrons. The van der Waals surface area contributed by atoms with Crippen molar-refractivity contribution >= 4 is 0 Å². The zero-order chi connectivity index (χ0) is 12.4. The smallest absolute Gasteiger partial charge is 0.123 e. The minimum atomic E-state index is -0.265. The Kier molecular flexibility index (Phi) is 3.24. The number of halogens is 1. The molecule has 1 heterocycles. The molecule has 90 valence electrons. The second-order valence-corrected chi connectivity index (χ2v) is 4.06. The van der Waals surface area contributed by atoms with Gasteiger partial charge in [-0.3, -0.25) is 0 Å². The standard InChI is InChI=1S/C13H16FN3/c1-3-13-16-6-7-17(13)12-5-4-10(14)8-11(12)9(2)15/h4-9H,3,15H2,1-2H3/t9-/m1/s1. The number of nitrogens with zero attached hydrogens (tertiary/aromatic N) is 2. The van der Waals surface area contributed by atoms with Crippen LogP contribution in [0, 0.1) is 5.82 Å². The van der Waals surface area contributed by atoms with E-state index in [1.54, 1.807) is 12.3 Å². The summed E-state index contributed by atoms with van der Waals surface area (Å²) in [6.07, 6.45) is 4.44. The van der Waals surface area contributed by atoms with Crippen molar-refractivity contribution in [3.63, 3.8) is 0 Å². The van der Waals surface area contributed by atoms with Gasteiger partial charge in [0.05, 0.1) is 5.69 Å². The topological polar surface area (TPSA) is 43.8 Å². The third-order valence-corrected chi connectivity index (χ3v) is 2.77. The van der Waals surface area contributed by atoms with Gasteiger partial charge >= 0.3 is 0 Å². The minimum absolute atomic E-state index is 0.215. The third-order valence-electron chi connectivity index (χ3n) is 2.77. The van der Waals surface area contributed by atoms with E-state index in [9.17, 15) is 4.39 Å². The van der Waals surface area contributed by atoms with E-state index in [0.29, 0.717) is 0 Å². The van der Waals surface area contributed by atoms with Crippen molar-refractivity contribution in [3.05, 3.63) is 47.8 Å². The quantitative estimate of drug-likeness (QED) is 0.885. The second kappa shape index (κ2) is 4.67. The van der Waals surface area contributed by atoms with Crippen molar-refractivity contribution in [1.82, 2.24) is 9.55 Å². The summed E-state index contributed by atoms with van der Waals surface area (Å²) >= 11 is 0. The fourth-order valence-electron chi connectivity index (χ4n) is 1.92. The summed E-state index contributed by atoms with van der Waals surface area (Å²) in [7, 11) is 0. The summed E-state index contributed by atoms with van der Waals surface area (Å²) in [6.45, 7) is 3.88. The lowest BCUT2D eigenvalue weighted by atomic mass is 10.1. The van der Waals surface area contributed by atoms with Crippen LogP contribution in [0.2, 0.25) is 0 Å². The van der Waals surface area contributed by atoms with Crippen LogP contribution < -0.4 is 5.73 Å². The van der Waals surface area contributed by atoms with E-state index in [-0.39, 0.29) is 11.9 Å². The maximum absolute atomic E-state index is 13.3. The molecule has 0 amide bonds. The van der Waals surface area contributed by atoms with E-state index in [1.165, 1.54) is 12.1 Å². The van der Waals surface area contributed by atoms with Crippen molar-refractivity contribution in [2.75, 3.05) is 0 Å². The fraction of sp³-hybridized carbons (Fsp3) is 0.308. The van der Waals surface area contributed by atoms with Crippen molar-refractivity contribution in [2.45, 2.75) is 26.3 Å². The number of hydrogen-bond donors (Lipinski definition) is 1. The zero-order valence-corrected chi connectivity index (χ0v) is 10.0. The molecule has 0 unspecified atom stereocenters. The number of aromatic nitrogens is 2. The number of nitrogens with two attached hydrogens (primary N) is 1.